The number of fused-ring (bicyclic) bond motifs is 15. The molecule has 174 valence electrons. The van der Waals surface area contributed by atoms with E-state index in [1.165, 1.54) is 0 Å². The van der Waals surface area contributed by atoms with Crippen molar-refractivity contribution < 1.29 is 9.59 Å². The van der Waals surface area contributed by atoms with Gasteiger partial charge in [0.15, 0.2) is 0 Å². The van der Waals surface area contributed by atoms with Crippen LogP contribution in [0, 0.1) is 0 Å². The van der Waals surface area contributed by atoms with E-state index in [-0.39, 0.29) is 17.2 Å². The van der Waals surface area contributed by atoms with Gasteiger partial charge in [-0.25, -0.2) is 0 Å². The third-order valence-electron chi connectivity index (χ3n) is 5.59. The predicted octanol–water partition coefficient (Wildman–Crippen LogP) is -3.14. The summed E-state index contributed by atoms with van der Waals surface area (Å²) >= 11 is 0. The predicted molar refractivity (Wildman–Crippen MR) is 120 cm³/mol. The van der Waals surface area contributed by atoms with Crippen molar-refractivity contribution in [2.45, 2.75) is 37.3 Å². The smallest absolute Gasteiger partial charge is 0.220 e. The molecular formula is C20H42N8O2. The summed E-state index contributed by atoms with van der Waals surface area (Å²) in [5, 5.41) is 24.1. The molecule has 0 atom stereocenters. The number of ketones is 1. The second-order valence-corrected chi connectivity index (χ2v) is 8.81. The summed E-state index contributed by atoms with van der Waals surface area (Å²) in [6.45, 7) is 10.5. The normalized spacial score (nSPS) is 30.2. The van der Waals surface area contributed by atoms with Crippen molar-refractivity contribution >= 4 is 11.7 Å². The molecule has 0 unspecified atom stereocenters. The molecule has 3 saturated heterocycles. The summed E-state index contributed by atoms with van der Waals surface area (Å²) in [5.74, 6) is 0.113. The van der Waals surface area contributed by atoms with Gasteiger partial charge in [-0.15, -0.1) is 0 Å². The second kappa shape index (κ2) is 13.3. The minimum atomic E-state index is -0.445. The Morgan fingerprint density at radius 2 is 1.13 bits per heavy atom. The Labute approximate surface area is 180 Å². The lowest BCUT2D eigenvalue weighted by Crippen LogP contribution is -2.67. The molecular weight excluding hydrogens is 384 g/mol. The van der Waals surface area contributed by atoms with Crippen LogP contribution in [-0.4, -0.2) is 101 Å². The van der Waals surface area contributed by atoms with Crippen LogP contribution in [0.1, 0.15) is 26.2 Å². The van der Waals surface area contributed by atoms with Crippen molar-refractivity contribution in [3.05, 3.63) is 0 Å². The molecule has 0 radical (unpaired) electrons. The Kier molecular flexibility index (Phi) is 11.1. The number of carbonyl (C=O) groups is 2. The van der Waals surface area contributed by atoms with Gasteiger partial charge in [0.25, 0.3) is 0 Å². The lowest BCUT2D eigenvalue weighted by molar-refractivity contribution is -0.123. The van der Waals surface area contributed by atoms with E-state index in [0.717, 1.165) is 58.9 Å². The number of carbonyl (C=O) groups excluding carboxylic acids is 2. The molecule has 2 bridgehead atoms. The van der Waals surface area contributed by atoms with Crippen molar-refractivity contribution in [2.24, 2.45) is 5.73 Å². The van der Waals surface area contributed by atoms with Gasteiger partial charge in [0.05, 0.1) is 11.1 Å². The summed E-state index contributed by atoms with van der Waals surface area (Å²) in [6.07, 6.45) is 1.40. The first-order valence-corrected chi connectivity index (χ1v) is 11.3. The van der Waals surface area contributed by atoms with Gasteiger partial charge < -0.3 is 47.7 Å². The fourth-order valence-corrected chi connectivity index (χ4v) is 3.89. The maximum absolute atomic E-state index is 12.6. The van der Waals surface area contributed by atoms with Gasteiger partial charge in [-0.2, -0.15) is 0 Å². The zero-order valence-electron chi connectivity index (χ0n) is 18.5. The van der Waals surface area contributed by atoms with E-state index in [1.54, 1.807) is 6.92 Å². The molecule has 0 saturated carbocycles. The van der Waals surface area contributed by atoms with Gasteiger partial charge in [-0.05, 0) is 13.3 Å². The van der Waals surface area contributed by atoms with Crippen molar-refractivity contribution in [2.75, 3.05) is 78.5 Å². The molecule has 30 heavy (non-hydrogen) atoms. The van der Waals surface area contributed by atoms with Crippen molar-refractivity contribution in [1.29, 1.82) is 0 Å². The molecule has 3 aliphatic rings. The van der Waals surface area contributed by atoms with Crippen LogP contribution < -0.4 is 43.0 Å². The van der Waals surface area contributed by atoms with Crippen LogP contribution in [0.4, 0.5) is 0 Å². The Bertz CT molecular complexity index is 487. The van der Waals surface area contributed by atoms with Crippen LogP contribution in [-0.2, 0) is 9.59 Å². The first-order valence-electron chi connectivity index (χ1n) is 11.3. The fraction of sp³-hybridized carbons (Fsp3) is 0.900. The van der Waals surface area contributed by atoms with E-state index in [4.69, 9.17) is 5.73 Å². The lowest BCUT2D eigenvalue weighted by Gasteiger charge is -2.37. The monoisotopic (exact) mass is 426 g/mol. The molecule has 1 amide bonds. The summed E-state index contributed by atoms with van der Waals surface area (Å²) in [6, 6.07) is 0. The van der Waals surface area contributed by atoms with E-state index in [9.17, 15) is 9.59 Å². The average molecular weight is 427 g/mol. The Balaban J connectivity index is 2.07. The van der Waals surface area contributed by atoms with Gasteiger partial charge >= 0.3 is 0 Å². The van der Waals surface area contributed by atoms with Crippen LogP contribution in [0.2, 0.25) is 0 Å². The van der Waals surface area contributed by atoms with Gasteiger partial charge in [0.1, 0.15) is 5.78 Å². The number of hydrogen-bond acceptors (Lipinski definition) is 9. The van der Waals surface area contributed by atoms with Gasteiger partial charge in [-0.3, -0.25) is 4.79 Å². The number of rotatable bonds is 5. The van der Waals surface area contributed by atoms with Crippen molar-refractivity contribution in [1.82, 2.24) is 37.2 Å². The van der Waals surface area contributed by atoms with Crippen molar-refractivity contribution in [3.8, 4) is 0 Å². The topological polar surface area (TPSA) is 144 Å². The highest BCUT2D eigenvalue weighted by Crippen LogP contribution is 2.06. The zero-order valence-corrected chi connectivity index (χ0v) is 18.5. The molecule has 0 aliphatic carbocycles. The number of nitrogens with one attached hydrogen (secondary N) is 7. The molecule has 0 spiro atoms. The second-order valence-electron chi connectivity index (χ2n) is 8.81. The van der Waals surface area contributed by atoms with Crippen molar-refractivity contribution in [3.63, 3.8) is 0 Å². The minimum Gasteiger partial charge on any atom is -0.347 e. The zero-order chi connectivity index (χ0) is 21.7. The molecule has 9 N–H and O–H groups in total. The SMILES string of the molecule is CC(=O)CCCC(=O)NC12CNCCNCC(N)(CNCCNC1)CNCCNC2. The molecule has 0 aromatic rings. The number of nitrogens with two attached hydrogens (primary N) is 1. The van der Waals surface area contributed by atoms with Crippen LogP contribution in [0.3, 0.4) is 0 Å². The molecule has 3 rings (SSSR count). The Morgan fingerprint density at radius 1 is 0.733 bits per heavy atom. The first-order chi connectivity index (χ1) is 14.4. The Morgan fingerprint density at radius 3 is 1.53 bits per heavy atom. The van der Waals surface area contributed by atoms with Gasteiger partial charge in [-0.1, -0.05) is 0 Å². The average Bonchev–Trinajstić information content (AvgIpc) is 2.69. The van der Waals surface area contributed by atoms with E-state index >= 15 is 0 Å². The molecule has 0 aromatic carbocycles. The molecule has 0 aromatic heterocycles. The van der Waals surface area contributed by atoms with Crippen LogP contribution >= 0.6 is 0 Å². The van der Waals surface area contributed by atoms with Crippen LogP contribution in [0.15, 0.2) is 0 Å². The van der Waals surface area contributed by atoms with Crippen LogP contribution in [0.25, 0.3) is 0 Å². The van der Waals surface area contributed by atoms with E-state index in [2.05, 4.69) is 37.2 Å². The molecule has 3 fully saturated rings. The highest BCUT2D eigenvalue weighted by atomic mass is 16.1. The number of amides is 1. The summed E-state index contributed by atoms with van der Waals surface area (Å²) in [4.78, 5) is 23.8. The fourth-order valence-electron chi connectivity index (χ4n) is 3.89. The maximum atomic E-state index is 12.6. The first kappa shape index (κ1) is 25.1. The van der Waals surface area contributed by atoms with Gasteiger partial charge in [0.2, 0.25) is 5.91 Å². The maximum Gasteiger partial charge on any atom is 0.220 e. The third kappa shape index (κ3) is 9.78. The quantitative estimate of drug-likeness (QED) is 0.229. The standard InChI is InChI=1S/C20H42N8O2/c1-17(29)3-2-4-18(30)28-20-14-25-8-5-22-11-19(21,12-23-6-9-26-15-20)13-24-7-10-27-16-20/h22-27H,2-16,21H2,1H3,(H,28,30). The minimum absolute atomic E-state index is 0.00817. The molecule has 3 heterocycles. The van der Waals surface area contributed by atoms with E-state index < -0.39 is 5.54 Å². The van der Waals surface area contributed by atoms with E-state index in [1.807, 2.05) is 0 Å². The molecule has 10 heteroatoms. The van der Waals surface area contributed by atoms with E-state index in [0.29, 0.717) is 38.9 Å². The third-order valence-corrected chi connectivity index (χ3v) is 5.59. The van der Waals surface area contributed by atoms with Crippen LogP contribution in [0.5, 0.6) is 0 Å². The Hall–Kier alpha value is -1.14. The van der Waals surface area contributed by atoms with Gasteiger partial charge in [0, 0.05) is 91.4 Å². The lowest BCUT2D eigenvalue weighted by atomic mass is 9.97. The molecule has 10 nitrogen and oxygen atoms in total. The number of hydrogen-bond donors (Lipinski definition) is 8. The summed E-state index contributed by atoms with van der Waals surface area (Å²) < 4.78 is 0. The summed E-state index contributed by atoms with van der Waals surface area (Å²) in [7, 11) is 0. The largest absolute Gasteiger partial charge is 0.347 e. The molecule has 3 aliphatic heterocycles. The highest BCUT2D eigenvalue weighted by molar-refractivity contribution is 5.79. The summed E-state index contributed by atoms with van der Waals surface area (Å²) in [5.41, 5.74) is 5.83. The number of Topliss-reactive ketones (excluding diaryl/α,β-unsaturated/α-hetero) is 1. The highest BCUT2D eigenvalue weighted by Gasteiger charge is 2.32.